The van der Waals surface area contributed by atoms with Crippen molar-refractivity contribution in [1.29, 1.82) is 0 Å². The number of nitrogens with zero attached hydrogens (tertiary/aromatic N) is 3. The third-order valence-corrected chi connectivity index (χ3v) is 6.09. The van der Waals surface area contributed by atoms with E-state index in [0.29, 0.717) is 26.1 Å². The zero-order valence-electron chi connectivity index (χ0n) is 18.5. The number of anilines is 1. The summed E-state index contributed by atoms with van der Waals surface area (Å²) < 4.78 is 8.22. The fourth-order valence-electron chi connectivity index (χ4n) is 4.46. The molecule has 1 fully saturated rings. The van der Waals surface area contributed by atoms with Gasteiger partial charge in [-0.3, -0.25) is 4.79 Å². The van der Waals surface area contributed by atoms with Crippen LogP contribution >= 0.6 is 0 Å². The van der Waals surface area contributed by atoms with Crippen molar-refractivity contribution in [2.24, 2.45) is 0 Å². The number of hydrogen-bond donors (Lipinski definition) is 0. The lowest BCUT2D eigenvalue weighted by Gasteiger charge is -2.18. The van der Waals surface area contributed by atoms with E-state index >= 15 is 0 Å². The van der Waals surface area contributed by atoms with Crippen LogP contribution in [0.1, 0.15) is 29.3 Å². The van der Waals surface area contributed by atoms with Gasteiger partial charge in [-0.05, 0) is 55.8 Å². The summed E-state index contributed by atoms with van der Waals surface area (Å²) in [6.07, 6.45) is 0.468. The van der Waals surface area contributed by atoms with E-state index in [1.807, 2.05) is 47.4 Å². The van der Waals surface area contributed by atoms with Crippen molar-refractivity contribution in [3.63, 3.8) is 0 Å². The quantitative estimate of drug-likeness (QED) is 0.424. The van der Waals surface area contributed by atoms with Gasteiger partial charge < -0.3 is 14.2 Å². The Morgan fingerprint density at radius 1 is 0.969 bits per heavy atom. The molecule has 1 aliphatic heterocycles. The maximum Gasteiger partial charge on any atom is 0.227 e. The minimum atomic E-state index is 0.0507. The number of aromatic nitrogens is 2. The molecule has 1 aromatic heterocycles. The summed E-state index contributed by atoms with van der Waals surface area (Å²) in [6, 6.07) is 24.4. The van der Waals surface area contributed by atoms with Gasteiger partial charge >= 0.3 is 0 Å². The van der Waals surface area contributed by atoms with E-state index in [2.05, 4.69) is 48.7 Å². The van der Waals surface area contributed by atoms with E-state index in [0.717, 1.165) is 33.9 Å². The molecule has 5 nitrogen and oxygen atoms in total. The van der Waals surface area contributed by atoms with Crippen LogP contribution in [0.3, 0.4) is 0 Å². The van der Waals surface area contributed by atoms with Gasteiger partial charge in [0, 0.05) is 24.6 Å². The number of carbonyl (C=O) groups excluding carboxylic acids is 1. The highest BCUT2D eigenvalue weighted by Gasteiger charge is 2.34. The van der Waals surface area contributed by atoms with Crippen LogP contribution in [0, 0.1) is 13.8 Å². The second-order valence-corrected chi connectivity index (χ2v) is 8.52. The Hall–Kier alpha value is -3.60. The minimum absolute atomic E-state index is 0.0507. The molecule has 32 heavy (non-hydrogen) atoms. The van der Waals surface area contributed by atoms with E-state index in [4.69, 9.17) is 9.72 Å². The highest BCUT2D eigenvalue weighted by Crippen LogP contribution is 2.33. The molecule has 1 saturated heterocycles. The molecule has 5 heteroatoms. The molecule has 2 heterocycles. The first-order chi connectivity index (χ1) is 15.6. The Morgan fingerprint density at radius 2 is 1.78 bits per heavy atom. The lowest BCUT2D eigenvalue weighted by molar-refractivity contribution is -0.117. The number of ether oxygens (including phenoxy) is 1. The Morgan fingerprint density at radius 3 is 2.59 bits per heavy atom. The molecular formula is C27H27N3O2. The largest absolute Gasteiger partial charge is 0.492 e. The van der Waals surface area contributed by atoms with Crippen LogP contribution in [0.5, 0.6) is 5.75 Å². The van der Waals surface area contributed by atoms with Crippen molar-refractivity contribution < 1.29 is 9.53 Å². The second-order valence-electron chi connectivity index (χ2n) is 8.52. The van der Waals surface area contributed by atoms with Crippen LogP contribution in [0.15, 0.2) is 72.8 Å². The number of para-hydroxylation sites is 2. The van der Waals surface area contributed by atoms with Crippen molar-refractivity contribution in [3.8, 4) is 5.75 Å². The molecule has 1 atom stereocenters. The predicted octanol–water partition coefficient (Wildman–Crippen LogP) is 5.25. The monoisotopic (exact) mass is 425 g/mol. The predicted molar refractivity (Wildman–Crippen MR) is 127 cm³/mol. The highest BCUT2D eigenvalue weighted by molar-refractivity contribution is 5.96. The molecule has 1 amide bonds. The van der Waals surface area contributed by atoms with Gasteiger partial charge in [-0.25, -0.2) is 4.98 Å². The average Bonchev–Trinajstić information content (AvgIpc) is 3.36. The van der Waals surface area contributed by atoms with Crippen LogP contribution in [-0.4, -0.2) is 28.6 Å². The number of fused-ring (bicyclic) bond motifs is 1. The smallest absolute Gasteiger partial charge is 0.227 e. The third-order valence-electron chi connectivity index (χ3n) is 6.09. The summed E-state index contributed by atoms with van der Waals surface area (Å²) in [7, 11) is 0. The number of aryl methyl sites for hydroxylation is 2. The van der Waals surface area contributed by atoms with Crippen LogP contribution in [0.4, 0.5) is 5.69 Å². The molecule has 0 bridgehead atoms. The maximum atomic E-state index is 12.9. The van der Waals surface area contributed by atoms with Gasteiger partial charge in [-0.2, -0.15) is 0 Å². The first kappa shape index (κ1) is 20.3. The van der Waals surface area contributed by atoms with Gasteiger partial charge in [0.15, 0.2) is 0 Å². The summed E-state index contributed by atoms with van der Waals surface area (Å²) in [5.74, 6) is 2.02. The van der Waals surface area contributed by atoms with Crippen LogP contribution < -0.4 is 9.64 Å². The number of hydrogen-bond acceptors (Lipinski definition) is 3. The number of carbonyl (C=O) groups is 1. The van der Waals surface area contributed by atoms with Crippen molar-refractivity contribution in [3.05, 3.63) is 89.7 Å². The Kier molecular flexibility index (Phi) is 5.39. The molecule has 1 aliphatic rings. The molecular weight excluding hydrogens is 398 g/mol. The van der Waals surface area contributed by atoms with Gasteiger partial charge in [0.25, 0.3) is 0 Å². The number of amides is 1. The van der Waals surface area contributed by atoms with E-state index in [-0.39, 0.29) is 11.8 Å². The van der Waals surface area contributed by atoms with Gasteiger partial charge in [0.2, 0.25) is 5.91 Å². The van der Waals surface area contributed by atoms with E-state index < -0.39 is 0 Å². The SMILES string of the molecule is Cc1ccc(OCCn2c([C@@H]3CC(=O)N(c4cccc(C)c4)C3)nc3ccccc32)cc1. The molecule has 0 aliphatic carbocycles. The molecule has 3 aromatic carbocycles. The van der Waals surface area contributed by atoms with Crippen molar-refractivity contribution >= 4 is 22.6 Å². The number of benzene rings is 3. The number of imidazole rings is 1. The Balaban J connectivity index is 1.40. The molecule has 5 rings (SSSR count). The zero-order chi connectivity index (χ0) is 22.1. The zero-order valence-corrected chi connectivity index (χ0v) is 18.5. The maximum absolute atomic E-state index is 12.9. The van der Waals surface area contributed by atoms with Gasteiger partial charge in [-0.15, -0.1) is 0 Å². The lowest BCUT2D eigenvalue weighted by Crippen LogP contribution is -2.24. The molecule has 0 saturated carbocycles. The molecule has 0 spiro atoms. The summed E-state index contributed by atoms with van der Waals surface area (Å²) in [5, 5.41) is 0. The molecule has 0 unspecified atom stereocenters. The second kappa shape index (κ2) is 8.50. The fourth-order valence-corrected chi connectivity index (χ4v) is 4.46. The minimum Gasteiger partial charge on any atom is -0.492 e. The number of rotatable bonds is 6. The first-order valence-electron chi connectivity index (χ1n) is 11.1. The summed E-state index contributed by atoms with van der Waals surface area (Å²) in [5.41, 5.74) is 5.36. The highest BCUT2D eigenvalue weighted by atomic mass is 16.5. The summed E-state index contributed by atoms with van der Waals surface area (Å²) in [4.78, 5) is 19.7. The van der Waals surface area contributed by atoms with E-state index in [1.54, 1.807) is 0 Å². The van der Waals surface area contributed by atoms with Crippen LogP contribution in [0.25, 0.3) is 11.0 Å². The third kappa shape index (κ3) is 3.98. The summed E-state index contributed by atoms with van der Waals surface area (Å²) in [6.45, 7) is 5.98. The van der Waals surface area contributed by atoms with Crippen molar-refractivity contribution in [1.82, 2.24) is 9.55 Å². The van der Waals surface area contributed by atoms with E-state index in [1.165, 1.54) is 5.56 Å². The van der Waals surface area contributed by atoms with Gasteiger partial charge in [0.05, 0.1) is 17.6 Å². The normalized spacial score (nSPS) is 16.1. The Bertz CT molecular complexity index is 1260. The topological polar surface area (TPSA) is 47.4 Å². The summed E-state index contributed by atoms with van der Waals surface area (Å²) >= 11 is 0. The lowest BCUT2D eigenvalue weighted by atomic mass is 10.1. The molecule has 0 N–H and O–H groups in total. The molecule has 162 valence electrons. The van der Waals surface area contributed by atoms with Gasteiger partial charge in [-0.1, -0.05) is 42.0 Å². The fraction of sp³-hybridized carbons (Fsp3) is 0.259. The van der Waals surface area contributed by atoms with Crippen LogP contribution in [0.2, 0.25) is 0 Å². The Labute approximate surface area is 188 Å². The van der Waals surface area contributed by atoms with Crippen molar-refractivity contribution in [2.75, 3.05) is 18.1 Å². The standard InChI is InChI=1S/C27H27N3O2/c1-19-10-12-23(13-11-19)32-15-14-29-25-9-4-3-8-24(25)28-27(29)21-17-26(31)30(18-21)22-7-5-6-20(2)16-22/h3-13,16,21H,14-15,17-18H2,1-2H3/t21-/m1/s1. The van der Waals surface area contributed by atoms with Gasteiger partial charge in [0.1, 0.15) is 18.2 Å². The first-order valence-corrected chi connectivity index (χ1v) is 11.1. The van der Waals surface area contributed by atoms with Crippen molar-refractivity contribution in [2.45, 2.75) is 32.7 Å². The average molecular weight is 426 g/mol. The molecule has 4 aromatic rings. The van der Waals surface area contributed by atoms with Crippen LogP contribution in [-0.2, 0) is 11.3 Å². The molecule has 0 radical (unpaired) electrons. The van der Waals surface area contributed by atoms with E-state index in [9.17, 15) is 4.79 Å².